The molecule has 0 saturated carbocycles. The van der Waals surface area contributed by atoms with E-state index in [2.05, 4.69) is 19.9 Å². The topological polar surface area (TPSA) is 104 Å². The molecule has 1 amide bonds. The first kappa shape index (κ1) is 17.0. The van der Waals surface area contributed by atoms with E-state index in [1.54, 1.807) is 20.0 Å². The SMILES string of the molecule is Cc1[nH]c(=O)c(C#N)c(C)c1CCC(=O)N[C@@H]1CCc2nccn2C1. The summed E-state index contributed by atoms with van der Waals surface area (Å²) in [6, 6.07) is 2.05. The van der Waals surface area contributed by atoms with Gasteiger partial charge in [-0.05, 0) is 37.8 Å². The average Bonchev–Trinajstić information content (AvgIpc) is 3.02. The van der Waals surface area contributed by atoms with Crippen molar-refractivity contribution in [1.82, 2.24) is 19.9 Å². The van der Waals surface area contributed by atoms with Crippen molar-refractivity contribution in [2.45, 2.75) is 52.1 Å². The van der Waals surface area contributed by atoms with Crippen molar-refractivity contribution in [1.29, 1.82) is 5.26 Å². The summed E-state index contributed by atoms with van der Waals surface area (Å²) in [7, 11) is 0. The molecule has 7 nitrogen and oxygen atoms in total. The molecule has 0 saturated heterocycles. The number of hydrogen-bond donors (Lipinski definition) is 2. The number of rotatable bonds is 4. The van der Waals surface area contributed by atoms with Crippen LogP contribution in [0.15, 0.2) is 17.2 Å². The second-order valence-electron chi connectivity index (χ2n) is 6.47. The van der Waals surface area contributed by atoms with Crippen molar-refractivity contribution in [3.05, 3.63) is 51.0 Å². The summed E-state index contributed by atoms with van der Waals surface area (Å²) in [5, 5.41) is 12.2. The highest BCUT2D eigenvalue weighted by atomic mass is 16.1. The van der Waals surface area contributed by atoms with Crippen LogP contribution in [0.25, 0.3) is 0 Å². The van der Waals surface area contributed by atoms with Gasteiger partial charge in [0.15, 0.2) is 0 Å². The van der Waals surface area contributed by atoms with E-state index in [1.807, 2.05) is 12.3 Å². The van der Waals surface area contributed by atoms with Gasteiger partial charge in [0, 0.05) is 43.5 Å². The predicted octanol–water partition coefficient (Wildman–Crippen LogP) is 1.12. The summed E-state index contributed by atoms with van der Waals surface area (Å²) in [4.78, 5) is 31.0. The standard InChI is InChI=1S/C18H21N5O2/c1-11-14(12(2)21-18(25)15(11)9-19)4-6-17(24)22-13-3-5-16-20-7-8-23(16)10-13/h7-8,13H,3-6,10H2,1-2H3,(H,21,25)(H,22,24)/t13-/m1/s1. The average molecular weight is 339 g/mol. The Bertz CT molecular complexity index is 903. The van der Waals surface area contributed by atoms with Gasteiger partial charge in [0.2, 0.25) is 5.91 Å². The minimum atomic E-state index is -0.371. The smallest absolute Gasteiger partial charge is 0.266 e. The van der Waals surface area contributed by atoms with Crippen LogP contribution in [0.5, 0.6) is 0 Å². The number of H-pyrrole nitrogens is 1. The highest BCUT2D eigenvalue weighted by Crippen LogP contribution is 2.16. The number of imidazole rings is 1. The van der Waals surface area contributed by atoms with Crippen LogP contribution in [-0.2, 0) is 24.2 Å². The fraction of sp³-hybridized carbons (Fsp3) is 0.444. The van der Waals surface area contributed by atoms with Gasteiger partial charge < -0.3 is 14.9 Å². The third-order valence-corrected chi connectivity index (χ3v) is 4.82. The summed E-state index contributed by atoms with van der Waals surface area (Å²) in [5.41, 5.74) is 2.00. The number of aromatic amines is 1. The van der Waals surface area contributed by atoms with E-state index in [0.29, 0.717) is 18.4 Å². The monoisotopic (exact) mass is 339 g/mol. The lowest BCUT2D eigenvalue weighted by Crippen LogP contribution is -2.41. The zero-order chi connectivity index (χ0) is 18.0. The molecule has 0 aromatic carbocycles. The molecule has 3 heterocycles. The Kier molecular flexibility index (Phi) is 4.70. The van der Waals surface area contributed by atoms with Gasteiger partial charge in [-0.25, -0.2) is 4.98 Å². The number of pyridine rings is 1. The summed E-state index contributed by atoms with van der Waals surface area (Å²) in [5.74, 6) is 1.05. The fourth-order valence-electron chi connectivity index (χ4n) is 3.44. The van der Waals surface area contributed by atoms with Gasteiger partial charge in [-0.3, -0.25) is 9.59 Å². The van der Waals surface area contributed by atoms with E-state index in [-0.39, 0.29) is 23.1 Å². The maximum atomic E-state index is 12.3. The van der Waals surface area contributed by atoms with Crippen molar-refractivity contribution in [2.24, 2.45) is 0 Å². The van der Waals surface area contributed by atoms with Crippen LogP contribution in [-0.4, -0.2) is 26.5 Å². The second-order valence-corrected chi connectivity index (χ2v) is 6.47. The number of fused-ring (bicyclic) bond motifs is 1. The van der Waals surface area contributed by atoms with E-state index in [1.165, 1.54) is 0 Å². The molecule has 2 aromatic heterocycles. The molecule has 0 fully saturated rings. The number of nitrogens with zero attached hydrogens (tertiary/aromatic N) is 3. The molecule has 1 aliphatic rings. The van der Waals surface area contributed by atoms with Crippen LogP contribution in [0.2, 0.25) is 0 Å². The maximum Gasteiger partial charge on any atom is 0.266 e. The van der Waals surface area contributed by atoms with Gasteiger partial charge in [-0.2, -0.15) is 5.26 Å². The van der Waals surface area contributed by atoms with Crippen LogP contribution in [0.4, 0.5) is 0 Å². The molecule has 7 heteroatoms. The van der Waals surface area contributed by atoms with Crippen LogP contribution < -0.4 is 10.9 Å². The normalized spacial score (nSPS) is 16.1. The first-order valence-corrected chi connectivity index (χ1v) is 8.41. The summed E-state index contributed by atoms with van der Waals surface area (Å²) >= 11 is 0. The summed E-state index contributed by atoms with van der Waals surface area (Å²) in [6.45, 7) is 4.30. The lowest BCUT2D eigenvalue weighted by molar-refractivity contribution is -0.122. The quantitative estimate of drug-likeness (QED) is 0.871. The molecule has 130 valence electrons. The minimum Gasteiger partial charge on any atom is -0.352 e. The van der Waals surface area contributed by atoms with Crippen LogP contribution in [0.1, 0.15) is 41.1 Å². The third kappa shape index (κ3) is 3.48. The van der Waals surface area contributed by atoms with E-state index in [4.69, 9.17) is 5.26 Å². The van der Waals surface area contributed by atoms with Crippen LogP contribution in [0, 0.1) is 25.2 Å². The fourth-order valence-corrected chi connectivity index (χ4v) is 3.44. The number of aromatic nitrogens is 3. The van der Waals surface area contributed by atoms with Gasteiger partial charge in [0.05, 0.1) is 0 Å². The first-order chi connectivity index (χ1) is 12.0. The minimum absolute atomic E-state index is 0.0166. The van der Waals surface area contributed by atoms with E-state index in [0.717, 1.165) is 36.5 Å². The molecule has 0 unspecified atom stereocenters. The van der Waals surface area contributed by atoms with Gasteiger partial charge >= 0.3 is 0 Å². The largest absolute Gasteiger partial charge is 0.352 e. The Balaban J connectivity index is 1.62. The maximum absolute atomic E-state index is 12.3. The lowest BCUT2D eigenvalue weighted by atomic mass is 9.98. The Labute approximate surface area is 145 Å². The van der Waals surface area contributed by atoms with Crippen molar-refractivity contribution in [2.75, 3.05) is 0 Å². The number of carbonyl (C=O) groups excluding carboxylic acids is 1. The molecule has 0 radical (unpaired) electrons. The molecule has 1 atom stereocenters. The first-order valence-electron chi connectivity index (χ1n) is 8.41. The zero-order valence-corrected chi connectivity index (χ0v) is 14.4. The van der Waals surface area contributed by atoms with Crippen molar-refractivity contribution >= 4 is 5.91 Å². The van der Waals surface area contributed by atoms with Crippen molar-refractivity contribution in [3.8, 4) is 6.07 Å². The van der Waals surface area contributed by atoms with Gasteiger partial charge in [0.1, 0.15) is 17.5 Å². The Hall–Kier alpha value is -2.88. The second kappa shape index (κ2) is 6.93. The third-order valence-electron chi connectivity index (χ3n) is 4.82. The molecule has 1 aliphatic heterocycles. The van der Waals surface area contributed by atoms with Crippen LogP contribution >= 0.6 is 0 Å². The van der Waals surface area contributed by atoms with Gasteiger partial charge in [0.25, 0.3) is 5.56 Å². The molecular weight excluding hydrogens is 318 g/mol. The van der Waals surface area contributed by atoms with Crippen LogP contribution in [0.3, 0.4) is 0 Å². The molecule has 2 aromatic rings. The predicted molar refractivity (Wildman–Crippen MR) is 92.1 cm³/mol. The summed E-state index contributed by atoms with van der Waals surface area (Å²) < 4.78 is 2.07. The Morgan fingerprint density at radius 2 is 2.32 bits per heavy atom. The van der Waals surface area contributed by atoms with Crippen molar-refractivity contribution in [3.63, 3.8) is 0 Å². The molecule has 0 aliphatic carbocycles. The van der Waals surface area contributed by atoms with Crippen molar-refractivity contribution < 1.29 is 4.79 Å². The molecule has 0 bridgehead atoms. The van der Waals surface area contributed by atoms with E-state index < -0.39 is 0 Å². The Morgan fingerprint density at radius 3 is 3.08 bits per heavy atom. The number of nitrogens with one attached hydrogen (secondary N) is 2. The molecule has 25 heavy (non-hydrogen) atoms. The van der Waals surface area contributed by atoms with E-state index in [9.17, 15) is 9.59 Å². The summed E-state index contributed by atoms with van der Waals surface area (Å²) in [6.07, 6.45) is 6.29. The highest BCUT2D eigenvalue weighted by Gasteiger charge is 2.20. The lowest BCUT2D eigenvalue weighted by Gasteiger charge is -2.24. The highest BCUT2D eigenvalue weighted by molar-refractivity contribution is 5.76. The zero-order valence-electron chi connectivity index (χ0n) is 14.4. The number of amides is 1. The number of nitriles is 1. The molecule has 0 spiro atoms. The van der Waals surface area contributed by atoms with E-state index >= 15 is 0 Å². The van der Waals surface area contributed by atoms with Gasteiger partial charge in [-0.1, -0.05) is 0 Å². The number of carbonyl (C=O) groups is 1. The molecule has 3 rings (SSSR count). The number of aryl methyl sites for hydroxylation is 2. The Morgan fingerprint density at radius 1 is 1.52 bits per heavy atom. The molecule has 2 N–H and O–H groups in total. The van der Waals surface area contributed by atoms with Gasteiger partial charge in [-0.15, -0.1) is 0 Å². The molecular formula is C18H21N5O2. The number of hydrogen-bond acceptors (Lipinski definition) is 4.